The van der Waals surface area contributed by atoms with E-state index in [9.17, 15) is 19.5 Å². The summed E-state index contributed by atoms with van der Waals surface area (Å²) in [4.78, 5) is 42.1. The van der Waals surface area contributed by atoms with Gasteiger partial charge >= 0.3 is 5.97 Å². The highest BCUT2D eigenvalue weighted by Crippen LogP contribution is 2.19. The van der Waals surface area contributed by atoms with Crippen LogP contribution in [0.5, 0.6) is 0 Å². The summed E-state index contributed by atoms with van der Waals surface area (Å²) in [5.41, 5.74) is 2.11. The maximum atomic E-state index is 13.2. The molecule has 4 rings (SSSR count). The molecule has 4 aromatic rings. The fourth-order valence-corrected chi connectivity index (χ4v) is 4.39. The van der Waals surface area contributed by atoms with Gasteiger partial charge in [-0.2, -0.15) is 0 Å². The number of hydrogen-bond donors (Lipinski definition) is 2. The SMILES string of the molecule is O=C(CSc1nc2ccccc2c(=O)n1Cc1ccccc1)N[C@H](Cc1ccccc1)C(=O)O. The van der Waals surface area contributed by atoms with Gasteiger partial charge in [0.25, 0.3) is 5.56 Å². The molecule has 3 aromatic carbocycles. The van der Waals surface area contributed by atoms with E-state index in [1.54, 1.807) is 28.8 Å². The molecule has 0 saturated carbocycles. The lowest BCUT2D eigenvalue weighted by Crippen LogP contribution is -2.43. The number of carboxylic acid groups (broad SMARTS) is 1. The van der Waals surface area contributed by atoms with E-state index >= 15 is 0 Å². The minimum atomic E-state index is -1.10. The zero-order chi connectivity index (χ0) is 23.9. The second kappa shape index (κ2) is 10.8. The largest absolute Gasteiger partial charge is 0.480 e. The number of carboxylic acids is 1. The number of para-hydroxylation sites is 1. The molecule has 0 radical (unpaired) electrons. The number of rotatable bonds is 9. The quantitative estimate of drug-likeness (QED) is 0.286. The molecule has 0 aliphatic heterocycles. The highest BCUT2D eigenvalue weighted by molar-refractivity contribution is 7.99. The smallest absolute Gasteiger partial charge is 0.326 e. The molecule has 7 nitrogen and oxygen atoms in total. The Balaban J connectivity index is 1.53. The summed E-state index contributed by atoms with van der Waals surface area (Å²) in [5.74, 6) is -1.62. The van der Waals surface area contributed by atoms with Crippen molar-refractivity contribution in [1.82, 2.24) is 14.9 Å². The van der Waals surface area contributed by atoms with Crippen molar-refractivity contribution in [3.63, 3.8) is 0 Å². The van der Waals surface area contributed by atoms with Crippen molar-refractivity contribution < 1.29 is 14.7 Å². The van der Waals surface area contributed by atoms with Crippen LogP contribution in [0.15, 0.2) is 94.9 Å². The number of fused-ring (bicyclic) bond motifs is 1. The Hall–Kier alpha value is -3.91. The lowest BCUT2D eigenvalue weighted by atomic mass is 10.1. The number of amides is 1. The number of aliphatic carboxylic acids is 1. The number of aromatic nitrogens is 2. The number of carbonyl (C=O) groups is 2. The number of nitrogens with zero attached hydrogens (tertiary/aromatic N) is 2. The van der Waals surface area contributed by atoms with Gasteiger partial charge in [0.15, 0.2) is 5.16 Å². The van der Waals surface area contributed by atoms with Crippen molar-refractivity contribution in [2.75, 3.05) is 5.75 Å². The summed E-state index contributed by atoms with van der Waals surface area (Å²) in [5, 5.41) is 13.0. The summed E-state index contributed by atoms with van der Waals surface area (Å²) in [6, 6.07) is 24.7. The zero-order valence-electron chi connectivity index (χ0n) is 18.3. The van der Waals surface area contributed by atoms with Crippen LogP contribution < -0.4 is 10.9 Å². The molecule has 0 spiro atoms. The fraction of sp³-hybridized carbons (Fsp3) is 0.154. The van der Waals surface area contributed by atoms with Gasteiger partial charge in [-0.3, -0.25) is 14.2 Å². The van der Waals surface area contributed by atoms with Gasteiger partial charge in [0.05, 0.1) is 23.2 Å². The molecule has 0 aliphatic rings. The Kier molecular flexibility index (Phi) is 7.39. The Morgan fingerprint density at radius 2 is 1.53 bits per heavy atom. The molecule has 0 unspecified atom stereocenters. The van der Waals surface area contributed by atoms with Gasteiger partial charge < -0.3 is 10.4 Å². The first kappa shape index (κ1) is 23.3. The molecule has 0 saturated heterocycles. The molecule has 34 heavy (non-hydrogen) atoms. The number of benzene rings is 3. The van der Waals surface area contributed by atoms with Crippen LogP contribution in [0.2, 0.25) is 0 Å². The molecular weight excluding hydrogens is 450 g/mol. The van der Waals surface area contributed by atoms with Gasteiger partial charge in [0, 0.05) is 6.42 Å². The minimum absolute atomic E-state index is 0.0713. The molecule has 1 heterocycles. The van der Waals surface area contributed by atoms with E-state index in [2.05, 4.69) is 10.3 Å². The summed E-state index contributed by atoms with van der Waals surface area (Å²) < 4.78 is 1.55. The van der Waals surface area contributed by atoms with Gasteiger partial charge in [-0.1, -0.05) is 84.6 Å². The van der Waals surface area contributed by atoms with Crippen LogP contribution in [0.25, 0.3) is 10.9 Å². The lowest BCUT2D eigenvalue weighted by Gasteiger charge is -2.16. The summed E-state index contributed by atoms with van der Waals surface area (Å²) in [6.45, 7) is 0.313. The monoisotopic (exact) mass is 473 g/mol. The molecule has 1 aromatic heterocycles. The highest BCUT2D eigenvalue weighted by Gasteiger charge is 2.21. The summed E-state index contributed by atoms with van der Waals surface area (Å²) >= 11 is 1.11. The van der Waals surface area contributed by atoms with Crippen molar-refractivity contribution >= 4 is 34.5 Å². The van der Waals surface area contributed by atoms with Crippen LogP contribution in [0.1, 0.15) is 11.1 Å². The van der Waals surface area contributed by atoms with Crippen LogP contribution >= 0.6 is 11.8 Å². The molecule has 0 bridgehead atoms. The molecular formula is C26H23N3O4S. The Morgan fingerprint density at radius 1 is 0.912 bits per heavy atom. The summed E-state index contributed by atoms with van der Waals surface area (Å²) in [6.07, 6.45) is 0.180. The van der Waals surface area contributed by atoms with E-state index in [1.165, 1.54) is 0 Å². The third kappa shape index (κ3) is 5.71. The third-order valence-corrected chi connectivity index (χ3v) is 6.23. The van der Waals surface area contributed by atoms with Crippen molar-refractivity contribution in [2.45, 2.75) is 24.2 Å². The van der Waals surface area contributed by atoms with Crippen LogP contribution in [0.4, 0.5) is 0 Å². The van der Waals surface area contributed by atoms with Gasteiger partial charge in [0.1, 0.15) is 6.04 Å². The molecule has 0 aliphatic carbocycles. The fourth-order valence-electron chi connectivity index (χ4n) is 3.58. The zero-order valence-corrected chi connectivity index (χ0v) is 19.1. The molecule has 8 heteroatoms. The predicted molar refractivity (Wildman–Crippen MR) is 132 cm³/mol. The van der Waals surface area contributed by atoms with Crippen LogP contribution in [-0.2, 0) is 22.6 Å². The van der Waals surface area contributed by atoms with E-state index in [-0.39, 0.29) is 17.7 Å². The van der Waals surface area contributed by atoms with E-state index in [1.807, 2.05) is 60.7 Å². The second-order valence-corrected chi connectivity index (χ2v) is 8.67. The number of carbonyl (C=O) groups excluding carboxylic acids is 1. The molecule has 1 amide bonds. The normalized spacial score (nSPS) is 11.8. The standard InChI is InChI=1S/C26H23N3O4S/c30-23(27-22(25(32)33)15-18-9-3-1-4-10-18)17-34-26-28-21-14-8-7-13-20(21)24(31)29(26)16-19-11-5-2-6-12-19/h1-14,22H,15-17H2,(H,27,30)(H,32,33)/t22-/m1/s1. The first-order valence-corrected chi connectivity index (χ1v) is 11.7. The van der Waals surface area contributed by atoms with E-state index in [0.717, 1.165) is 22.9 Å². The van der Waals surface area contributed by atoms with Crippen LogP contribution in [0, 0.1) is 0 Å². The first-order chi connectivity index (χ1) is 16.5. The Morgan fingerprint density at radius 3 is 2.21 bits per heavy atom. The van der Waals surface area contributed by atoms with Crippen LogP contribution in [0.3, 0.4) is 0 Å². The third-order valence-electron chi connectivity index (χ3n) is 5.26. The molecule has 172 valence electrons. The summed E-state index contributed by atoms with van der Waals surface area (Å²) in [7, 11) is 0. The second-order valence-electron chi connectivity index (χ2n) is 7.73. The van der Waals surface area contributed by atoms with E-state index < -0.39 is 17.9 Å². The van der Waals surface area contributed by atoms with Crippen molar-refractivity contribution in [3.05, 3.63) is 106 Å². The maximum absolute atomic E-state index is 13.2. The Bertz CT molecular complexity index is 1360. The van der Waals surface area contributed by atoms with Gasteiger partial charge in [-0.05, 0) is 23.3 Å². The average molecular weight is 474 g/mol. The molecule has 2 N–H and O–H groups in total. The van der Waals surface area contributed by atoms with E-state index in [4.69, 9.17) is 0 Å². The predicted octanol–water partition coefficient (Wildman–Crippen LogP) is 3.35. The topological polar surface area (TPSA) is 101 Å². The van der Waals surface area contributed by atoms with Crippen molar-refractivity contribution in [3.8, 4) is 0 Å². The number of thioether (sulfide) groups is 1. The maximum Gasteiger partial charge on any atom is 0.326 e. The number of hydrogen-bond acceptors (Lipinski definition) is 5. The van der Waals surface area contributed by atoms with Gasteiger partial charge in [-0.15, -0.1) is 0 Å². The highest BCUT2D eigenvalue weighted by atomic mass is 32.2. The van der Waals surface area contributed by atoms with Gasteiger partial charge in [0.2, 0.25) is 5.91 Å². The van der Waals surface area contributed by atoms with Crippen molar-refractivity contribution in [2.24, 2.45) is 0 Å². The minimum Gasteiger partial charge on any atom is -0.480 e. The average Bonchev–Trinajstić information content (AvgIpc) is 2.85. The van der Waals surface area contributed by atoms with Crippen LogP contribution in [-0.4, -0.2) is 38.3 Å². The van der Waals surface area contributed by atoms with Crippen molar-refractivity contribution in [1.29, 1.82) is 0 Å². The first-order valence-electron chi connectivity index (χ1n) is 10.7. The van der Waals surface area contributed by atoms with Gasteiger partial charge in [-0.25, -0.2) is 9.78 Å². The lowest BCUT2D eigenvalue weighted by molar-refractivity contribution is -0.141. The molecule has 0 fully saturated rings. The Labute approximate surface area is 200 Å². The number of nitrogens with one attached hydrogen (secondary N) is 1. The van der Waals surface area contributed by atoms with E-state index in [0.29, 0.717) is 22.6 Å². The molecule has 1 atom stereocenters.